The second-order valence-corrected chi connectivity index (χ2v) is 8.04. The Morgan fingerprint density at radius 3 is 2.48 bits per heavy atom. The minimum atomic E-state index is -0.528. The summed E-state index contributed by atoms with van der Waals surface area (Å²) in [5, 5.41) is 10.5. The molecule has 1 unspecified atom stereocenters. The van der Waals surface area contributed by atoms with E-state index in [0.717, 1.165) is 11.1 Å². The van der Waals surface area contributed by atoms with Gasteiger partial charge in [-0.25, -0.2) is 0 Å². The number of aromatic amines is 1. The first-order valence-corrected chi connectivity index (χ1v) is 10.6. The Bertz CT molecular complexity index is 1090. The maximum atomic E-state index is 12.9. The molecular formula is C22H23ClN4O3S. The maximum absolute atomic E-state index is 12.9. The van der Waals surface area contributed by atoms with Crippen molar-refractivity contribution in [3.63, 3.8) is 0 Å². The highest BCUT2D eigenvalue weighted by molar-refractivity contribution is 7.71. The number of aromatic nitrogens is 3. The van der Waals surface area contributed by atoms with Crippen LogP contribution in [0.25, 0.3) is 11.4 Å². The molecule has 1 aromatic heterocycles. The van der Waals surface area contributed by atoms with Gasteiger partial charge in [0.15, 0.2) is 10.6 Å². The van der Waals surface area contributed by atoms with Crippen LogP contribution in [0.15, 0.2) is 54.6 Å². The number of H-pyrrole nitrogens is 1. The second kappa shape index (κ2) is 10.4. The normalized spacial score (nSPS) is 11.9. The molecule has 0 spiro atoms. The molecule has 1 atom stereocenters. The predicted molar refractivity (Wildman–Crippen MR) is 121 cm³/mol. The summed E-state index contributed by atoms with van der Waals surface area (Å²) in [7, 11) is 0. The van der Waals surface area contributed by atoms with E-state index in [1.54, 1.807) is 42.7 Å². The Morgan fingerprint density at radius 2 is 1.84 bits per heavy atom. The minimum Gasteiger partial charge on any atom is -0.463 e. The number of amides is 1. The molecule has 0 bridgehead atoms. The van der Waals surface area contributed by atoms with Gasteiger partial charge in [0.05, 0.1) is 18.6 Å². The van der Waals surface area contributed by atoms with Crippen molar-refractivity contribution < 1.29 is 14.3 Å². The number of halogens is 1. The molecule has 0 saturated heterocycles. The molecule has 0 aliphatic rings. The fourth-order valence-corrected chi connectivity index (χ4v) is 3.41. The third kappa shape index (κ3) is 6.26. The molecular weight excluding hydrogens is 436 g/mol. The monoisotopic (exact) mass is 458 g/mol. The highest BCUT2D eigenvalue weighted by Crippen LogP contribution is 2.21. The van der Waals surface area contributed by atoms with Gasteiger partial charge < -0.3 is 10.1 Å². The third-order valence-electron chi connectivity index (χ3n) is 4.44. The average Bonchev–Trinajstić information content (AvgIpc) is 3.08. The van der Waals surface area contributed by atoms with Crippen LogP contribution in [0.4, 0.5) is 0 Å². The van der Waals surface area contributed by atoms with E-state index in [-0.39, 0.29) is 30.9 Å². The molecule has 2 N–H and O–H groups in total. The first-order chi connectivity index (χ1) is 14.8. The number of carbonyl (C=O) groups is 2. The lowest BCUT2D eigenvalue weighted by Crippen LogP contribution is -2.33. The Balaban J connectivity index is 1.78. The number of benzene rings is 2. The topological polar surface area (TPSA) is 89.0 Å². The van der Waals surface area contributed by atoms with Gasteiger partial charge in [0.2, 0.25) is 5.91 Å². The lowest BCUT2D eigenvalue weighted by molar-refractivity contribution is -0.148. The number of hydrogen-bond donors (Lipinski definition) is 2. The van der Waals surface area contributed by atoms with Gasteiger partial charge in [0.1, 0.15) is 6.54 Å². The van der Waals surface area contributed by atoms with E-state index in [1.807, 2.05) is 30.3 Å². The molecule has 0 aliphatic heterocycles. The molecule has 162 valence electrons. The highest BCUT2D eigenvalue weighted by Gasteiger charge is 2.21. The molecule has 31 heavy (non-hydrogen) atoms. The summed E-state index contributed by atoms with van der Waals surface area (Å²) in [6.07, 6.45) is -0.208. The third-order valence-corrected chi connectivity index (χ3v) is 5.00. The zero-order valence-corrected chi connectivity index (χ0v) is 18.7. The summed E-state index contributed by atoms with van der Waals surface area (Å²) in [5.74, 6) is -0.169. The molecule has 1 heterocycles. The molecule has 9 heteroatoms. The fraction of sp³-hybridized carbons (Fsp3) is 0.273. The van der Waals surface area contributed by atoms with Crippen LogP contribution in [-0.4, -0.2) is 32.7 Å². The van der Waals surface area contributed by atoms with E-state index in [4.69, 9.17) is 28.6 Å². The summed E-state index contributed by atoms with van der Waals surface area (Å²) in [6, 6.07) is 15.9. The predicted octanol–water partition coefficient (Wildman–Crippen LogP) is 4.46. The summed E-state index contributed by atoms with van der Waals surface area (Å²) in [4.78, 5) is 25.1. The highest BCUT2D eigenvalue weighted by atomic mass is 35.5. The summed E-state index contributed by atoms with van der Waals surface area (Å²) < 4.78 is 7.17. The largest absolute Gasteiger partial charge is 0.463 e. The summed E-state index contributed by atoms with van der Waals surface area (Å²) in [5.41, 5.74) is 1.58. The van der Waals surface area contributed by atoms with E-state index < -0.39 is 6.04 Å². The van der Waals surface area contributed by atoms with E-state index in [1.165, 1.54) is 0 Å². The number of ether oxygens (including phenoxy) is 1. The van der Waals surface area contributed by atoms with Crippen LogP contribution in [0.1, 0.15) is 31.9 Å². The van der Waals surface area contributed by atoms with E-state index in [2.05, 4.69) is 15.5 Å². The van der Waals surface area contributed by atoms with Gasteiger partial charge >= 0.3 is 5.97 Å². The van der Waals surface area contributed by atoms with Gasteiger partial charge in [-0.05, 0) is 55.9 Å². The summed E-state index contributed by atoms with van der Waals surface area (Å²) in [6.45, 7) is 3.51. The van der Waals surface area contributed by atoms with Crippen molar-refractivity contribution in [1.29, 1.82) is 0 Å². The number of hydrogen-bond acceptors (Lipinski definition) is 5. The maximum Gasteiger partial charge on any atom is 0.308 e. The lowest BCUT2D eigenvalue weighted by atomic mass is 10.0. The van der Waals surface area contributed by atoms with E-state index in [0.29, 0.717) is 15.6 Å². The van der Waals surface area contributed by atoms with Crippen molar-refractivity contribution in [3.05, 3.63) is 70.0 Å². The van der Waals surface area contributed by atoms with Crippen molar-refractivity contribution in [2.45, 2.75) is 39.0 Å². The number of esters is 1. The quantitative estimate of drug-likeness (QED) is 0.384. The van der Waals surface area contributed by atoms with Gasteiger partial charge in [0.25, 0.3) is 0 Å². The first-order valence-electron chi connectivity index (χ1n) is 9.78. The molecule has 0 fully saturated rings. The van der Waals surface area contributed by atoms with Gasteiger partial charge in [-0.3, -0.25) is 19.3 Å². The number of rotatable bonds is 8. The average molecular weight is 459 g/mol. The Labute approximate surface area is 190 Å². The molecule has 2 aromatic carbocycles. The van der Waals surface area contributed by atoms with Crippen molar-refractivity contribution in [1.82, 2.24) is 20.1 Å². The number of carbonyl (C=O) groups excluding carboxylic acids is 2. The van der Waals surface area contributed by atoms with Crippen LogP contribution < -0.4 is 5.32 Å². The van der Waals surface area contributed by atoms with Crippen molar-refractivity contribution in [2.75, 3.05) is 0 Å². The Hall–Kier alpha value is -2.97. The van der Waals surface area contributed by atoms with Gasteiger partial charge in [-0.15, -0.1) is 0 Å². The van der Waals surface area contributed by atoms with E-state index in [9.17, 15) is 9.59 Å². The van der Waals surface area contributed by atoms with E-state index >= 15 is 0 Å². The van der Waals surface area contributed by atoms with Crippen molar-refractivity contribution in [2.24, 2.45) is 0 Å². The summed E-state index contributed by atoms with van der Waals surface area (Å²) >= 11 is 11.3. The van der Waals surface area contributed by atoms with Gasteiger partial charge in [-0.2, -0.15) is 5.10 Å². The van der Waals surface area contributed by atoms with Gasteiger partial charge in [0, 0.05) is 10.6 Å². The number of nitrogens with zero attached hydrogens (tertiary/aromatic N) is 2. The van der Waals surface area contributed by atoms with Crippen LogP contribution in [0.2, 0.25) is 5.02 Å². The van der Waals surface area contributed by atoms with Crippen LogP contribution in [0.5, 0.6) is 0 Å². The fourth-order valence-electron chi connectivity index (χ4n) is 3.08. The molecule has 3 rings (SSSR count). The van der Waals surface area contributed by atoms with Crippen LogP contribution in [0, 0.1) is 4.77 Å². The molecule has 7 nitrogen and oxygen atoms in total. The minimum absolute atomic E-state index is 0.0226. The van der Waals surface area contributed by atoms with Crippen molar-refractivity contribution in [3.8, 4) is 11.4 Å². The molecule has 1 amide bonds. The first kappa shape index (κ1) is 22.7. The zero-order chi connectivity index (χ0) is 22.4. The number of nitrogens with one attached hydrogen (secondary N) is 2. The molecule has 0 aliphatic carbocycles. The standard InChI is InChI=1S/C22H23ClN4O3S/c1-14(2)30-20(29)12-18(15-6-4-3-5-7-15)24-19(28)13-27-21(25-26-22(27)31)16-8-10-17(23)11-9-16/h3-11,14,18H,12-13H2,1-2H3,(H,24,28)(H,26,31). The zero-order valence-electron chi connectivity index (χ0n) is 17.2. The smallest absolute Gasteiger partial charge is 0.308 e. The SMILES string of the molecule is CC(C)OC(=O)CC(NC(=O)Cn1c(-c2ccc(Cl)cc2)n[nH]c1=S)c1ccccc1. The molecule has 0 saturated carbocycles. The molecule has 0 radical (unpaired) electrons. The van der Waals surface area contributed by atoms with Crippen LogP contribution >= 0.6 is 23.8 Å². The van der Waals surface area contributed by atoms with Crippen LogP contribution in [0.3, 0.4) is 0 Å². The van der Waals surface area contributed by atoms with Crippen LogP contribution in [-0.2, 0) is 20.9 Å². The molecule has 3 aromatic rings. The Morgan fingerprint density at radius 1 is 1.16 bits per heavy atom. The Kier molecular flexibility index (Phi) is 7.59. The van der Waals surface area contributed by atoms with Gasteiger partial charge in [-0.1, -0.05) is 41.9 Å². The lowest BCUT2D eigenvalue weighted by Gasteiger charge is -2.20. The second-order valence-electron chi connectivity index (χ2n) is 7.22. The van der Waals surface area contributed by atoms with Crippen molar-refractivity contribution >= 4 is 35.7 Å².